The average Bonchev–Trinajstić information content (AvgIpc) is 3.22. The van der Waals surface area contributed by atoms with Crippen LogP contribution in [0.3, 0.4) is 0 Å². The van der Waals surface area contributed by atoms with Crippen LogP contribution in [0, 0.1) is 0 Å². The minimum Gasteiger partial charge on any atom is -0.462 e. The highest BCUT2D eigenvalue weighted by Gasteiger charge is 2.24. The van der Waals surface area contributed by atoms with Crippen molar-refractivity contribution in [3.63, 3.8) is 0 Å². The number of hydrogen-bond acceptors (Lipinski definition) is 5. The maximum atomic E-state index is 13.2. The maximum Gasteiger partial charge on any atom is 0.306 e. The van der Waals surface area contributed by atoms with Crippen LogP contribution in [0.5, 0.6) is 0 Å². The van der Waals surface area contributed by atoms with Crippen LogP contribution in [-0.2, 0) is 14.3 Å². The zero-order chi connectivity index (χ0) is 42.4. The van der Waals surface area contributed by atoms with Gasteiger partial charge in [-0.05, 0) is 51.4 Å². The molecular formula is C52H99NO5. The third-order valence-corrected chi connectivity index (χ3v) is 11.8. The Morgan fingerprint density at radius 2 is 0.931 bits per heavy atom. The largest absolute Gasteiger partial charge is 0.462 e. The Labute approximate surface area is 361 Å². The van der Waals surface area contributed by atoms with Crippen LogP contribution in [-0.4, -0.2) is 46.9 Å². The van der Waals surface area contributed by atoms with E-state index >= 15 is 0 Å². The molecule has 3 atom stereocenters. The van der Waals surface area contributed by atoms with Crippen LogP contribution in [0.15, 0.2) is 24.3 Å². The first kappa shape index (κ1) is 56.3. The smallest absolute Gasteiger partial charge is 0.306 e. The lowest BCUT2D eigenvalue weighted by molar-refractivity contribution is -0.151. The first-order valence-corrected chi connectivity index (χ1v) is 25.6. The van der Waals surface area contributed by atoms with Gasteiger partial charge in [0, 0.05) is 6.42 Å². The van der Waals surface area contributed by atoms with Gasteiger partial charge in [0.1, 0.15) is 6.10 Å². The molecule has 58 heavy (non-hydrogen) atoms. The maximum absolute atomic E-state index is 13.2. The molecule has 0 aliphatic rings. The Bertz CT molecular complexity index is 919. The van der Waals surface area contributed by atoms with Gasteiger partial charge in [0.2, 0.25) is 5.91 Å². The summed E-state index contributed by atoms with van der Waals surface area (Å²) >= 11 is 0. The van der Waals surface area contributed by atoms with Crippen molar-refractivity contribution in [1.29, 1.82) is 0 Å². The average molecular weight is 818 g/mol. The molecule has 0 spiro atoms. The van der Waals surface area contributed by atoms with Gasteiger partial charge in [0.15, 0.2) is 0 Å². The van der Waals surface area contributed by atoms with E-state index in [1.54, 1.807) is 0 Å². The molecule has 3 N–H and O–H groups in total. The van der Waals surface area contributed by atoms with Gasteiger partial charge in [-0.1, -0.05) is 231 Å². The predicted molar refractivity (Wildman–Crippen MR) is 250 cm³/mol. The lowest BCUT2D eigenvalue weighted by atomic mass is 10.0. The number of aliphatic hydroxyl groups is 2. The second-order valence-electron chi connectivity index (χ2n) is 17.5. The second-order valence-corrected chi connectivity index (χ2v) is 17.5. The second kappa shape index (κ2) is 46.4. The van der Waals surface area contributed by atoms with Crippen LogP contribution in [0.1, 0.15) is 271 Å². The third-order valence-electron chi connectivity index (χ3n) is 11.8. The van der Waals surface area contributed by atoms with Crippen molar-refractivity contribution in [2.75, 3.05) is 6.61 Å². The quantitative estimate of drug-likeness (QED) is 0.0323. The van der Waals surface area contributed by atoms with Crippen molar-refractivity contribution in [1.82, 2.24) is 5.32 Å². The fourth-order valence-electron chi connectivity index (χ4n) is 7.94. The molecule has 6 heteroatoms. The van der Waals surface area contributed by atoms with Crippen LogP contribution in [0.25, 0.3) is 0 Å². The number of unbranched alkanes of at least 4 members (excludes halogenated alkanes) is 30. The van der Waals surface area contributed by atoms with Crippen molar-refractivity contribution in [3.8, 4) is 0 Å². The normalized spacial score (nSPS) is 13.4. The van der Waals surface area contributed by atoms with Crippen LogP contribution < -0.4 is 5.32 Å². The van der Waals surface area contributed by atoms with Gasteiger partial charge in [-0.2, -0.15) is 0 Å². The number of nitrogens with one attached hydrogen (secondary N) is 1. The zero-order valence-corrected chi connectivity index (χ0v) is 38.9. The molecule has 0 fully saturated rings. The lowest BCUT2D eigenvalue weighted by Gasteiger charge is -2.24. The molecular weight excluding hydrogens is 719 g/mol. The Morgan fingerprint density at radius 3 is 1.40 bits per heavy atom. The molecule has 0 radical (unpaired) electrons. The van der Waals surface area contributed by atoms with Gasteiger partial charge in [0.25, 0.3) is 0 Å². The summed E-state index contributed by atoms with van der Waals surface area (Å²) in [5.41, 5.74) is 0. The minimum absolute atomic E-state index is 0.0797. The predicted octanol–water partition coefficient (Wildman–Crippen LogP) is 15.1. The van der Waals surface area contributed by atoms with Crippen LogP contribution >= 0.6 is 0 Å². The van der Waals surface area contributed by atoms with Gasteiger partial charge in [0.05, 0.1) is 25.2 Å². The van der Waals surface area contributed by atoms with Crippen molar-refractivity contribution < 1.29 is 24.5 Å². The first-order valence-electron chi connectivity index (χ1n) is 25.6. The van der Waals surface area contributed by atoms with Gasteiger partial charge >= 0.3 is 5.97 Å². The van der Waals surface area contributed by atoms with Crippen molar-refractivity contribution >= 4 is 11.9 Å². The lowest BCUT2D eigenvalue weighted by Crippen LogP contribution is -2.46. The number of carbonyl (C=O) groups excluding carboxylic acids is 2. The topological polar surface area (TPSA) is 95.9 Å². The van der Waals surface area contributed by atoms with E-state index in [-0.39, 0.29) is 24.9 Å². The Balaban J connectivity index is 4.53. The summed E-state index contributed by atoms with van der Waals surface area (Å²) in [7, 11) is 0. The van der Waals surface area contributed by atoms with E-state index < -0.39 is 18.2 Å². The summed E-state index contributed by atoms with van der Waals surface area (Å²) in [6.45, 7) is 6.39. The Morgan fingerprint density at radius 1 is 0.517 bits per heavy atom. The van der Waals surface area contributed by atoms with Gasteiger partial charge in [-0.25, -0.2) is 0 Å². The number of carbonyl (C=O) groups is 2. The monoisotopic (exact) mass is 818 g/mol. The number of amides is 1. The summed E-state index contributed by atoms with van der Waals surface area (Å²) < 4.78 is 5.93. The van der Waals surface area contributed by atoms with E-state index in [1.165, 1.54) is 161 Å². The molecule has 0 aromatic rings. The Kier molecular flexibility index (Phi) is 45.1. The highest BCUT2D eigenvalue weighted by molar-refractivity contribution is 5.77. The highest BCUT2D eigenvalue weighted by atomic mass is 16.5. The summed E-state index contributed by atoms with van der Waals surface area (Å²) in [5.74, 6) is -0.470. The molecule has 0 aromatic carbocycles. The van der Waals surface area contributed by atoms with E-state index in [9.17, 15) is 19.8 Å². The highest BCUT2D eigenvalue weighted by Crippen LogP contribution is 2.18. The first-order chi connectivity index (χ1) is 28.5. The molecule has 0 aromatic heterocycles. The number of rotatable bonds is 46. The van der Waals surface area contributed by atoms with Gasteiger partial charge < -0.3 is 20.3 Å². The number of esters is 1. The van der Waals surface area contributed by atoms with E-state index in [0.29, 0.717) is 19.3 Å². The van der Waals surface area contributed by atoms with E-state index in [0.717, 1.165) is 64.2 Å². The Hall–Kier alpha value is -1.66. The molecule has 0 rings (SSSR count). The van der Waals surface area contributed by atoms with Crippen molar-refractivity contribution in [2.45, 2.75) is 289 Å². The fourth-order valence-corrected chi connectivity index (χ4v) is 7.94. The van der Waals surface area contributed by atoms with E-state index in [1.807, 2.05) is 0 Å². The van der Waals surface area contributed by atoms with Crippen molar-refractivity contribution in [3.05, 3.63) is 24.3 Å². The zero-order valence-electron chi connectivity index (χ0n) is 38.9. The number of allylic oxidation sites excluding steroid dienone is 4. The van der Waals surface area contributed by atoms with E-state index in [4.69, 9.17) is 4.74 Å². The van der Waals surface area contributed by atoms with Crippen LogP contribution in [0.4, 0.5) is 0 Å². The summed E-state index contributed by atoms with van der Waals surface area (Å²) in [6.07, 6.45) is 52.3. The molecule has 1 amide bonds. The molecule has 342 valence electrons. The number of ether oxygens (including phenoxy) is 1. The van der Waals surface area contributed by atoms with Crippen LogP contribution in [0.2, 0.25) is 0 Å². The molecule has 0 heterocycles. The summed E-state index contributed by atoms with van der Waals surface area (Å²) in [5, 5.41) is 23.8. The third kappa shape index (κ3) is 41.1. The minimum atomic E-state index is -0.784. The molecule has 0 aliphatic heterocycles. The van der Waals surface area contributed by atoms with E-state index in [2.05, 4.69) is 50.4 Å². The molecule has 6 nitrogen and oxygen atoms in total. The number of hydrogen-bond donors (Lipinski definition) is 3. The molecule has 0 bridgehead atoms. The number of aliphatic hydroxyl groups excluding tert-OH is 2. The summed E-state index contributed by atoms with van der Waals surface area (Å²) in [6, 6.07) is -0.697. The standard InChI is InChI=1S/C52H99NO5/c1-4-7-10-13-16-19-22-25-27-30-33-36-39-42-45-52(57)58-48(43-40-37-34-31-28-24-21-18-15-12-9-6-3)46-51(56)53-49(47-54)50(55)44-41-38-35-32-29-26-23-20-17-14-11-8-5-2/h7,10,16,19,48-50,54-55H,4-6,8-9,11-15,17-18,20-47H2,1-3H3,(H,53,56)/b10-7+,19-16+. The molecule has 0 saturated carbocycles. The van der Waals surface area contributed by atoms with Gasteiger partial charge in [-0.3, -0.25) is 9.59 Å². The van der Waals surface area contributed by atoms with Gasteiger partial charge in [-0.15, -0.1) is 0 Å². The SMILES string of the molecule is CC/C=C/C/C=C/CCCCCCCCCC(=O)OC(CCCCCCCCCCCCCC)CC(=O)NC(CO)C(O)CCCCCCCCCCCCCCC. The fraction of sp³-hybridized carbons (Fsp3) is 0.885. The van der Waals surface area contributed by atoms with Crippen molar-refractivity contribution in [2.24, 2.45) is 0 Å². The molecule has 0 aliphatic carbocycles. The summed E-state index contributed by atoms with van der Waals surface area (Å²) in [4.78, 5) is 26.1. The molecule has 3 unspecified atom stereocenters. The molecule has 0 saturated heterocycles.